The first-order valence-corrected chi connectivity index (χ1v) is 10.3. The summed E-state index contributed by atoms with van der Waals surface area (Å²) in [7, 11) is 0. The molecule has 0 bridgehead atoms. The minimum absolute atomic E-state index is 0.0384. The molecule has 1 aliphatic heterocycles. The molecule has 4 rings (SSSR count). The van der Waals surface area contributed by atoms with E-state index in [-0.39, 0.29) is 5.91 Å². The summed E-state index contributed by atoms with van der Waals surface area (Å²) in [6.07, 6.45) is 3.65. The molecule has 2 aromatic rings. The fourth-order valence-electron chi connectivity index (χ4n) is 5.11. The third-order valence-electron chi connectivity index (χ3n) is 6.30. The maximum absolute atomic E-state index is 11.1. The first-order chi connectivity index (χ1) is 13.5. The summed E-state index contributed by atoms with van der Waals surface area (Å²) in [5, 5.41) is 13.9. The molecule has 4 nitrogen and oxygen atoms in total. The average Bonchev–Trinajstić information content (AvgIpc) is 3.15. The van der Waals surface area contributed by atoms with Crippen molar-refractivity contribution in [3.8, 4) is 0 Å². The number of hydrogen-bond donors (Lipinski definition) is 2. The summed E-state index contributed by atoms with van der Waals surface area (Å²) in [6, 6.07) is 18.5. The highest BCUT2D eigenvalue weighted by atomic mass is 16.3. The molecule has 1 heterocycles. The van der Waals surface area contributed by atoms with Gasteiger partial charge in [-0.05, 0) is 54.4 Å². The first kappa shape index (κ1) is 19.2. The molecule has 1 saturated carbocycles. The van der Waals surface area contributed by atoms with E-state index < -0.39 is 5.60 Å². The molecular formula is C24H30N2O2. The normalized spacial score (nSPS) is 26.9. The van der Waals surface area contributed by atoms with Crippen molar-refractivity contribution < 1.29 is 9.90 Å². The van der Waals surface area contributed by atoms with Crippen LogP contribution in [-0.4, -0.2) is 41.1 Å². The van der Waals surface area contributed by atoms with Crippen LogP contribution < -0.4 is 5.32 Å². The number of hydrogen-bond acceptors (Lipinski definition) is 3. The molecule has 2 fully saturated rings. The van der Waals surface area contributed by atoms with Crippen LogP contribution in [0.2, 0.25) is 0 Å². The molecule has 2 N–H and O–H groups in total. The maximum Gasteiger partial charge on any atom is 0.221 e. The van der Waals surface area contributed by atoms with E-state index in [1.165, 1.54) is 18.1 Å². The van der Waals surface area contributed by atoms with E-state index in [0.29, 0.717) is 11.8 Å². The highest BCUT2D eigenvalue weighted by molar-refractivity contribution is 5.88. The molecule has 2 aromatic carbocycles. The minimum atomic E-state index is -0.525. The molecule has 1 aliphatic carbocycles. The van der Waals surface area contributed by atoms with Crippen LogP contribution >= 0.6 is 0 Å². The van der Waals surface area contributed by atoms with Gasteiger partial charge in [-0.3, -0.25) is 4.79 Å². The van der Waals surface area contributed by atoms with Crippen LogP contribution in [0.1, 0.15) is 30.9 Å². The van der Waals surface area contributed by atoms with Crippen molar-refractivity contribution in [1.82, 2.24) is 4.90 Å². The third-order valence-corrected chi connectivity index (χ3v) is 6.30. The molecule has 0 aromatic heterocycles. The fourth-order valence-corrected chi connectivity index (χ4v) is 5.11. The lowest BCUT2D eigenvalue weighted by Gasteiger charge is -2.26. The predicted molar refractivity (Wildman–Crippen MR) is 112 cm³/mol. The van der Waals surface area contributed by atoms with E-state index in [4.69, 9.17) is 0 Å². The van der Waals surface area contributed by atoms with Crippen LogP contribution in [-0.2, 0) is 17.6 Å². The molecule has 148 valence electrons. The van der Waals surface area contributed by atoms with Crippen molar-refractivity contribution in [1.29, 1.82) is 0 Å². The van der Waals surface area contributed by atoms with Crippen LogP contribution in [0.25, 0.3) is 0 Å². The zero-order valence-electron chi connectivity index (χ0n) is 16.6. The summed E-state index contributed by atoms with van der Waals surface area (Å²) < 4.78 is 0. The van der Waals surface area contributed by atoms with Gasteiger partial charge in [0.1, 0.15) is 0 Å². The highest BCUT2D eigenvalue weighted by Gasteiger charge is 2.47. The summed E-state index contributed by atoms with van der Waals surface area (Å²) in [4.78, 5) is 13.7. The topological polar surface area (TPSA) is 52.6 Å². The number of benzene rings is 2. The van der Waals surface area contributed by atoms with E-state index >= 15 is 0 Å². The van der Waals surface area contributed by atoms with Crippen molar-refractivity contribution in [3.63, 3.8) is 0 Å². The molecule has 0 spiro atoms. The summed E-state index contributed by atoms with van der Waals surface area (Å²) in [5.41, 5.74) is 2.86. The van der Waals surface area contributed by atoms with Crippen LogP contribution in [0.5, 0.6) is 0 Å². The SMILES string of the molecule is CC(=O)Nc1ccc(CCN2CC3CC(O)(Cc4ccccc4)CC3C2)cc1. The van der Waals surface area contributed by atoms with Gasteiger partial charge < -0.3 is 15.3 Å². The van der Waals surface area contributed by atoms with Gasteiger partial charge in [0.05, 0.1) is 5.60 Å². The van der Waals surface area contributed by atoms with E-state index in [9.17, 15) is 9.90 Å². The van der Waals surface area contributed by atoms with Gasteiger partial charge in [0.15, 0.2) is 0 Å². The number of carbonyl (C=O) groups is 1. The molecule has 2 aliphatic rings. The smallest absolute Gasteiger partial charge is 0.221 e. The Labute approximate surface area is 167 Å². The number of nitrogens with zero attached hydrogens (tertiary/aromatic N) is 1. The Balaban J connectivity index is 1.25. The van der Waals surface area contributed by atoms with Gasteiger partial charge in [-0.1, -0.05) is 42.5 Å². The van der Waals surface area contributed by atoms with Gasteiger partial charge in [0.2, 0.25) is 5.91 Å². The molecule has 2 unspecified atom stereocenters. The van der Waals surface area contributed by atoms with Crippen LogP contribution in [0.15, 0.2) is 54.6 Å². The molecule has 4 heteroatoms. The first-order valence-electron chi connectivity index (χ1n) is 10.3. The van der Waals surface area contributed by atoms with Crippen LogP contribution in [0, 0.1) is 11.8 Å². The second kappa shape index (κ2) is 8.06. The van der Waals surface area contributed by atoms with Gasteiger partial charge in [0.25, 0.3) is 0 Å². The summed E-state index contributed by atoms with van der Waals surface area (Å²) >= 11 is 0. The maximum atomic E-state index is 11.1. The number of likely N-dealkylation sites (tertiary alicyclic amines) is 1. The standard InChI is InChI=1S/C24H30N2O2/c1-18(27)25-23-9-7-19(8-10-23)11-12-26-16-21-14-24(28,15-22(21)17-26)13-20-5-3-2-4-6-20/h2-10,21-22,28H,11-17H2,1H3,(H,25,27). The molecule has 28 heavy (non-hydrogen) atoms. The van der Waals surface area contributed by atoms with Gasteiger partial charge in [-0.15, -0.1) is 0 Å². The predicted octanol–water partition coefficient (Wildman–Crippen LogP) is 3.50. The van der Waals surface area contributed by atoms with Gasteiger partial charge in [-0.2, -0.15) is 0 Å². The number of anilines is 1. The van der Waals surface area contributed by atoms with Crippen molar-refractivity contribution in [2.75, 3.05) is 25.0 Å². The molecular weight excluding hydrogens is 348 g/mol. The van der Waals surface area contributed by atoms with Gasteiger partial charge >= 0.3 is 0 Å². The number of amides is 1. The largest absolute Gasteiger partial charge is 0.390 e. The lowest BCUT2D eigenvalue weighted by atomic mass is 9.91. The zero-order valence-corrected chi connectivity index (χ0v) is 16.6. The van der Waals surface area contributed by atoms with E-state index in [1.54, 1.807) is 0 Å². The van der Waals surface area contributed by atoms with Crippen LogP contribution in [0.4, 0.5) is 5.69 Å². The average molecular weight is 379 g/mol. The number of fused-ring (bicyclic) bond motifs is 1. The van der Waals surface area contributed by atoms with Crippen molar-refractivity contribution in [3.05, 3.63) is 65.7 Å². The molecule has 2 atom stereocenters. The Kier molecular flexibility index (Phi) is 5.51. The Morgan fingerprint density at radius 3 is 2.29 bits per heavy atom. The molecule has 1 amide bonds. The zero-order chi connectivity index (χ0) is 19.6. The van der Waals surface area contributed by atoms with Crippen molar-refractivity contribution in [2.24, 2.45) is 11.8 Å². The second-order valence-corrected chi connectivity index (χ2v) is 8.70. The third kappa shape index (κ3) is 4.62. The number of rotatable bonds is 6. The lowest BCUT2D eigenvalue weighted by Crippen LogP contribution is -2.32. The molecule has 1 saturated heterocycles. The summed E-state index contributed by atoms with van der Waals surface area (Å²) in [6.45, 7) is 4.79. The highest BCUT2D eigenvalue weighted by Crippen LogP contribution is 2.45. The Morgan fingerprint density at radius 2 is 1.68 bits per heavy atom. The van der Waals surface area contributed by atoms with Crippen molar-refractivity contribution in [2.45, 2.75) is 38.2 Å². The van der Waals surface area contributed by atoms with Gasteiger partial charge in [0, 0.05) is 38.7 Å². The number of nitrogens with one attached hydrogen (secondary N) is 1. The summed E-state index contributed by atoms with van der Waals surface area (Å²) in [5.74, 6) is 1.20. The Morgan fingerprint density at radius 1 is 1.04 bits per heavy atom. The lowest BCUT2D eigenvalue weighted by molar-refractivity contribution is -0.114. The quantitative estimate of drug-likeness (QED) is 0.809. The fraction of sp³-hybridized carbons (Fsp3) is 0.458. The minimum Gasteiger partial charge on any atom is -0.390 e. The van der Waals surface area contributed by atoms with Gasteiger partial charge in [-0.25, -0.2) is 0 Å². The Bertz CT molecular complexity index is 789. The monoisotopic (exact) mass is 378 g/mol. The second-order valence-electron chi connectivity index (χ2n) is 8.70. The molecule has 0 radical (unpaired) electrons. The van der Waals surface area contributed by atoms with E-state index in [0.717, 1.165) is 51.0 Å². The van der Waals surface area contributed by atoms with E-state index in [1.807, 2.05) is 18.2 Å². The Hall–Kier alpha value is -2.17. The number of aliphatic hydroxyl groups is 1. The number of carbonyl (C=O) groups excluding carboxylic acids is 1. The van der Waals surface area contributed by atoms with Crippen LogP contribution in [0.3, 0.4) is 0 Å². The van der Waals surface area contributed by atoms with Crippen molar-refractivity contribution >= 4 is 11.6 Å². The van der Waals surface area contributed by atoms with E-state index in [2.05, 4.69) is 46.6 Å².